The number of hydrogen-bond acceptors (Lipinski definition) is 2. The Hall–Kier alpha value is -2.42. The van der Waals surface area contributed by atoms with E-state index in [1.165, 1.54) is 27.8 Å². The minimum absolute atomic E-state index is 0.242. The van der Waals surface area contributed by atoms with Crippen LogP contribution >= 0.6 is 0 Å². The van der Waals surface area contributed by atoms with Gasteiger partial charge in [-0.3, -0.25) is 0 Å². The van der Waals surface area contributed by atoms with Gasteiger partial charge in [-0.15, -0.1) is 0 Å². The maximum absolute atomic E-state index is 5.73. The molecule has 0 heterocycles. The second-order valence-corrected chi connectivity index (χ2v) is 5.89. The van der Waals surface area contributed by atoms with E-state index in [9.17, 15) is 0 Å². The molecule has 0 saturated heterocycles. The Morgan fingerprint density at radius 3 is 1.71 bits per heavy atom. The first-order valence-electron chi connectivity index (χ1n) is 8.35. The summed E-state index contributed by atoms with van der Waals surface area (Å²) in [5, 5.41) is 0. The van der Waals surface area contributed by atoms with Crippen LogP contribution in [0, 0.1) is 0 Å². The second kappa shape index (κ2) is 7.91. The molecule has 1 atom stereocenters. The molecule has 0 aromatic heterocycles. The molecule has 0 radical (unpaired) electrons. The summed E-state index contributed by atoms with van der Waals surface area (Å²) >= 11 is 0. The van der Waals surface area contributed by atoms with Crippen molar-refractivity contribution in [3.63, 3.8) is 0 Å². The zero-order chi connectivity index (χ0) is 16.8. The van der Waals surface area contributed by atoms with E-state index in [0.29, 0.717) is 6.61 Å². The number of ether oxygens (including phenoxy) is 1. The van der Waals surface area contributed by atoms with Crippen LogP contribution in [-0.4, -0.2) is 12.8 Å². The zero-order valence-electron chi connectivity index (χ0n) is 14.0. The molecule has 3 rings (SSSR count). The third kappa shape index (κ3) is 3.91. The van der Waals surface area contributed by atoms with Gasteiger partial charge < -0.3 is 10.5 Å². The van der Waals surface area contributed by atoms with Gasteiger partial charge in [0.2, 0.25) is 0 Å². The first-order chi connectivity index (χ1) is 11.8. The molecule has 1 unspecified atom stereocenters. The van der Waals surface area contributed by atoms with Gasteiger partial charge in [0, 0.05) is 0 Å². The second-order valence-electron chi connectivity index (χ2n) is 5.89. The quantitative estimate of drug-likeness (QED) is 0.657. The fourth-order valence-electron chi connectivity index (χ4n) is 2.98. The van der Waals surface area contributed by atoms with Crippen LogP contribution in [0.15, 0.2) is 78.9 Å². The van der Waals surface area contributed by atoms with Crippen LogP contribution in [0.5, 0.6) is 0 Å². The molecule has 0 aliphatic heterocycles. The highest BCUT2D eigenvalue weighted by molar-refractivity contribution is 5.78. The van der Waals surface area contributed by atoms with E-state index in [4.69, 9.17) is 10.5 Å². The molecule has 0 fully saturated rings. The summed E-state index contributed by atoms with van der Waals surface area (Å²) < 4.78 is 5.61. The fourth-order valence-corrected chi connectivity index (χ4v) is 2.98. The van der Waals surface area contributed by atoms with Crippen LogP contribution in [-0.2, 0) is 11.2 Å². The summed E-state index contributed by atoms with van der Waals surface area (Å²) in [4.78, 5) is 0. The van der Waals surface area contributed by atoms with Gasteiger partial charge in [-0.2, -0.15) is 0 Å². The molecule has 0 spiro atoms. The monoisotopic (exact) mass is 317 g/mol. The Kier molecular flexibility index (Phi) is 5.42. The van der Waals surface area contributed by atoms with Crippen LogP contribution in [0.1, 0.15) is 12.5 Å². The summed E-state index contributed by atoms with van der Waals surface area (Å²) in [5.41, 5.74) is 12.0. The summed E-state index contributed by atoms with van der Waals surface area (Å²) in [7, 11) is 0. The van der Waals surface area contributed by atoms with Crippen molar-refractivity contribution in [3.8, 4) is 22.3 Å². The van der Waals surface area contributed by atoms with Gasteiger partial charge in [0.1, 0.15) is 6.23 Å². The Morgan fingerprint density at radius 2 is 1.25 bits per heavy atom. The average Bonchev–Trinajstić information content (AvgIpc) is 2.63. The first kappa shape index (κ1) is 16.4. The Morgan fingerprint density at radius 1 is 0.750 bits per heavy atom. The van der Waals surface area contributed by atoms with E-state index in [1.54, 1.807) is 0 Å². The molecule has 0 aliphatic carbocycles. The highest BCUT2D eigenvalue weighted by Gasteiger charge is 2.12. The van der Waals surface area contributed by atoms with Crippen molar-refractivity contribution in [1.82, 2.24) is 0 Å². The third-order valence-corrected chi connectivity index (χ3v) is 4.08. The molecular weight excluding hydrogens is 294 g/mol. The zero-order valence-corrected chi connectivity index (χ0v) is 14.0. The van der Waals surface area contributed by atoms with Gasteiger partial charge >= 0.3 is 0 Å². The number of benzene rings is 3. The molecule has 3 aromatic rings. The van der Waals surface area contributed by atoms with E-state index < -0.39 is 0 Å². The van der Waals surface area contributed by atoms with Gasteiger partial charge in [0.25, 0.3) is 0 Å². The molecule has 2 heteroatoms. The lowest BCUT2D eigenvalue weighted by molar-refractivity contribution is 0.0732. The normalized spacial score (nSPS) is 12.1. The minimum atomic E-state index is -0.242. The molecule has 0 amide bonds. The van der Waals surface area contributed by atoms with E-state index in [1.807, 2.05) is 19.1 Å². The molecule has 0 saturated carbocycles. The molecule has 3 aromatic carbocycles. The largest absolute Gasteiger partial charge is 0.364 e. The standard InChI is InChI=1S/C22H23NO/c1-17(23)24-16-15-22-20(18-9-4-2-5-10-18)13-8-14-21(22)19-11-6-3-7-12-19/h2-14,17H,15-16,23H2,1H3. The van der Waals surface area contributed by atoms with Crippen LogP contribution in [0.25, 0.3) is 22.3 Å². The Bertz CT molecular complexity index is 709. The maximum Gasteiger partial charge on any atom is 0.102 e. The molecule has 0 aliphatic rings. The van der Waals surface area contributed by atoms with Crippen molar-refractivity contribution in [2.75, 3.05) is 6.61 Å². The van der Waals surface area contributed by atoms with Gasteiger partial charge in [0.15, 0.2) is 0 Å². The predicted octanol–water partition coefficient (Wildman–Crippen LogP) is 4.88. The maximum atomic E-state index is 5.73. The molecule has 2 nitrogen and oxygen atoms in total. The number of rotatable bonds is 6. The summed E-state index contributed by atoms with van der Waals surface area (Å²) in [6.07, 6.45) is 0.589. The summed E-state index contributed by atoms with van der Waals surface area (Å²) in [5.74, 6) is 0. The highest BCUT2D eigenvalue weighted by atomic mass is 16.5. The first-order valence-corrected chi connectivity index (χ1v) is 8.35. The minimum Gasteiger partial charge on any atom is -0.364 e. The van der Waals surface area contributed by atoms with Gasteiger partial charge in [0.05, 0.1) is 6.61 Å². The molecule has 2 N–H and O–H groups in total. The van der Waals surface area contributed by atoms with Crippen LogP contribution in [0.3, 0.4) is 0 Å². The Balaban J connectivity index is 2.05. The van der Waals surface area contributed by atoms with Crippen LogP contribution in [0.4, 0.5) is 0 Å². The van der Waals surface area contributed by atoms with Crippen molar-refractivity contribution in [2.45, 2.75) is 19.6 Å². The molecule has 122 valence electrons. The number of nitrogens with two attached hydrogens (primary N) is 1. The Labute approximate surface area is 143 Å². The summed E-state index contributed by atoms with van der Waals surface area (Å²) in [6, 6.07) is 27.5. The lowest BCUT2D eigenvalue weighted by atomic mass is 9.90. The molecule has 0 bridgehead atoms. The SMILES string of the molecule is CC(N)OCCc1c(-c2ccccc2)cccc1-c1ccccc1. The summed E-state index contributed by atoms with van der Waals surface area (Å²) in [6.45, 7) is 2.47. The van der Waals surface area contributed by atoms with Gasteiger partial charge in [-0.1, -0.05) is 78.9 Å². The number of hydrogen-bond donors (Lipinski definition) is 1. The smallest absolute Gasteiger partial charge is 0.102 e. The van der Waals surface area contributed by atoms with Crippen molar-refractivity contribution < 1.29 is 4.74 Å². The van der Waals surface area contributed by atoms with E-state index in [-0.39, 0.29) is 6.23 Å². The molecule has 24 heavy (non-hydrogen) atoms. The topological polar surface area (TPSA) is 35.2 Å². The average molecular weight is 317 g/mol. The van der Waals surface area contributed by atoms with Crippen molar-refractivity contribution in [1.29, 1.82) is 0 Å². The van der Waals surface area contributed by atoms with Gasteiger partial charge in [-0.25, -0.2) is 0 Å². The van der Waals surface area contributed by atoms with Crippen molar-refractivity contribution >= 4 is 0 Å². The van der Waals surface area contributed by atoms with Crippen LogP contribution < -0.4 is 5.73 Å². The van der Waals surface area contributed by atoms with Gasteiger partial charge in [-0.05, 0) is 41.2 Å². The lowest BCUT2D eigenvalue weighted by Gasteiger charge is -2.16. The third-order valence-electron chi connectivity index (χ3n) is 4.08. The fraction of sp³-hybridized carbons (Fsp3) is 0.182. The van der Waals surface area contributed by atoms with E-state index in [2.05, 4.69) is 66.7 Å². The molecular formula is C22H23NO. The highest BCUT2D eigenvalue weighted by Crippen LogP contribution is 2.32. The van der Waals surface area contributed by atoms with Crippen LogP contribution in [0.2, 0.25) is 0 Å². The van der Waals surface area contributed by atoms with Crippen molar-refractivity contribution in [3.05, 3.63) is 84.4 Å². The van der Waals surface area contributed by atoms with Crippen molar-refractivity contribution in [2.24, 2.45) is 5.73 Å². The van der Waals surface area contributed by atoms with E-state index in [0.717, 1.165) is 6.42 Å². The lowest BCUT2D eigenvalue weighted by Crippen LogP contribution is -2.20. The predicted molar refractivity (Wildman–Crippen MR) is 101 cm³/mol. The van der Waals surface area contributed by atoms with E-state index >= 15 is 0 Å².